The molecule has 0 amide bonds. The van der Waals surface area contributed by atoms with E-state index in [1.807, 2.05) is 18.2 Å². The molecular weight excluding hydrogens is 487 g/mol. The van der Waals surface area contributed by atoms with Crippen molar-refractivity contribution >= 4 is 80.8 Å². The van der Waals surface area contributed by atoms with E-state index in [1.165, 1.54) is 15.6 Å². The zero-order valence-electron chi connectivity index (χ0n) is 10.0. The maximum atomic E-state index is 6.12. The molecule has 0 N–H and O–H groups in total. The first kappa shape index (κ1) is 15.0. The monoisotopic (exact) mass is 492 g/mol. The molecule has 20 heavy (non-hydrogen) atoms. The molecule has 1 aromatic heterocycles. The zero-order valence-corrected chi connectivity index (χ0v) is 16.4. The van der Waals surface area contributed by atoms with Crippen molar-refractivity contribution in [2.45, 2.75) is 4.83 Å². The minimum absolute atomic E-state index is 0.110. The van der Waals surface area contributed by atoms with Crippen molar-refractivity contribution in [1.29, 1.82) is 0 Å². The Morgan fingerprint density at radius 3 is 2.60 bits per heavy atom. The number of hydrogen-bond donors (Lipinski definition) is 0. The molecule has 3 rings (SSSR count). The fraction of sp³-hybridized carbons (Fsp3) is 0.0667. The Morgan fingerprint density at radius 1 is 1.00 bits per heavy atom. The Balaban J connectivity index is 2.15. The van der Waals surface area contributed by atoms with E-state index in [2.05, 4.69) is 71.4 Å². The van der Waals surface area contributed by atoms with E-state index in [9.17, 15) is 0 Å². The van der Waals surface area contributed by atoms with Crippen molar-refractivity contribution < 1.29 is 0 Å². The topological polar surface area (TPSA) is 0 Å². The van der Waals surface area contributed by atoms with Crippen molar-refractivity contribution in [3.8, 4) is 0 Å². The third-order valence-electron chi connectivity index (χ3n) is 3.09. The minimum atomic E-state index is 0.110. The van der Waals surface area contributed by atoms with Crippen molar-refractivity contribution in [2.75, 3.05) is 0 Å². The first-order chi connectivity index (χ1) is 9.58. The molecule has 1 atom stereocenters. The average molecular weight is 495 g/mol. The lowest BCUT2D eigenvalue weighted by molar-refractivity contribution is 1.19. The predicted molar refractivity (Wildman–Crippen MR) is 99.4 cm³/mol. The third kappa shape index (κ3) is 2.73. The molecule has 0 aliphatic carbocycles. The number of hydrogen-bond acceptors (Lipinski definition) is 1. The number of halogens is 4. The highest BCUT2D eigenvalue weighted by molar-refractivity contribution is 9.11. The van der Waals surface area contributed by atoms with Gasteiger partial charge in [0.15, 0.2) is 0 Å². The lowest BCUT2D eigenvalue weighted by Crippen LogP contribution is -1.93. The second-order valence-electron chi connectivity index (χ2n) is 4.34. The van der Waals surface area contributed by atoms with Crippen LogP contribution in [-0.4, -0.2) is 0 Å². The van der Waals surface area contributed by atoms with Gasteiger partial charge >= 0.3 is 0 Å². The van der Waals surface area contributed by atoms with E-state index in [0.717, 1.165) is 19.5 Å². The van der Waals surface area contributed by atoms with Gasteiger partial charge in [0.25, 0.3) is 0 Å². The van der Waals surface area contributed by atoms with Crippen molar-refractivity contribution in [1.82, 2.24) is 0 Å². The van der Waals surface area contributed by atoms with Crippen LogP contribution in [0.1, 0.15) is 16.0 Å². The van der Waals surface area contributed by atoms with Crippen LogP contribution >= 0.6 is 70.7 Å². The Hall–Kier alpha value is 0.130. The molecule has 0 radical (unpaired) electrons. The van der Waals surface area contributed by atoms with E-state index in [1.54, 1.807) is 11.3 Å². The summed E-state index contributed by atoms with van der Waals surface area (Å²) in [5, 5.41) is 4.20. The van der Waals surface area contributed by atoms with Gasteiger partial charge in [-0.1, -0.05) is 55.6 Å². The van der Waals surface area contributed by atoms with Crippen LogP contribution in [0.25, 0.3) is 10.1 Å². The van der Waals surface area contributed by atoms with Crippen molar-refractivity contribution in [3.63, 3.8) is 0 Å². The van der Waals surface area contributed by atoms with Gasteiger partial charge in [0.05, 0.1) is 4.83 Å². The molecule has 0 aliphatic heterocycles. The highest BCUT2D eigenvalue weighted by atomic mass is 79.9. The van der Waals surface area contributed by atoms with Crippen molar-refractivity contribution in [3.05, 3.63) is 66.9 Å². The van der Waals surface area contributed by atoms with Gasteiger partial charge in [-0.05, 0) is 62.1 Å². The quantitative estimate of drug-likeness (QED) is 0.322. The fourth-order valence-electron chi connectivity index (χ4n) is 2.11. The number of benzene rings is 2. The SMILES string of the molecule is Clc1ccc(Br)c(C(Br)c2csc3c(Br)cccc23)c1. The molecule has 102 valence electrons. The molecule has 0 nitrogen and oxygen atoms in total. The molecule has 0 aliphatic rings. The molecule has 1 unspecified atom stereocenters. The molecular formula is C15H8Br3ClS. The summed E-state index contributed by atoms with van der Waals surface area (Å²) in [6.07, 6.45) is 0. The summed E-state index contributed by atoms with van der Waals surface area (Å²) in [6, 6.07) is 12.1. The second-order valence-corrected chi connectivity index (χ2v) is 8.28. The lowest BCUT2D eigenvalue weighted by atomic mass is 10.0. The first-order valence-corrected chi connectivity index (χ1v) is 9.58. The summed E-state index contributed by atoms with van der Waals surface area (Å²) in [4.78, 5) is 0.110. The summed E-state index contributed by atoms with van der Waals surface area (Å²) in [6.45, 7) is 0. The third-order valence-corrected chi connectivity index (χ3v) is 7.00. The Morgan fingerprint density at radius 2 is 1.80 bits per heavy atom. The maximum absolute atomic E-state index is 6.12. The van der Waals surface area contributed by atoms with Crippen LogP contribution in [0.4, 0.5) is 0 Å². The Kier molecular flexibility index (Phi) is 4.58. The first-order valence-electron chi connectivity index (χ1n) is 5.82. The van der Waals surface area contributed by atoms with Crippen LogP contribution < -0.4 is 0 Å². The van der Waals surface area contributed by atoms with Gasteiger partial charge in [-0.15, -0.1) is 11.3 Å². The van der Waals surface area contributed by atoms with Crippen LogP contribution in [0, 0.1) is 0 Å². The van der Waals surface area contributed by atoms with Crippen LogP contribution in [0.15, 0.2) is 50.7 Å². The minimum Gasteiger partial charge on any atom is -0.142 e. The van der Waals surface area contributed by atoms with Gasteiger partial charge in [0.1, 0.15) is 0 Å². The largest absolute Gasteiger partial charge is 0.142 e. The van der Waals surface area contributed by atoms with Crippen LogP contribution in [-0.2, 0) is 0 Å². The van der Waals surface area contributed by atoms with Crippen LogP contribution in [0.3, 0.4) is 0 Å². The Bertz CT molecular complexity index is 782. The highest BCUT2D eigenvalue weighted by Crippen LogP contribution is 2.43. The molecule has 0 spiro atoms. The zero-order chi connectivity index (χ0) is 14.3. The highest BCUT2D eigenvalue weighted by Gasteiger charge is 2.18. The molecule has 0 saturated carbocycles. The van der Waals surface area contributed by atoms with E-state index < -0.39 is 0 Å². The van der Waals surface area contributed by atoms with E-state index in [0.29, 0.717) is 0 Å². The second kappa shape index (κ2) is 6.09. The molecule has 3 aromatic rings. The van der Waals surface area contributed by atoms with E-state index in [-0.39, 0.29) is 4.83 Å². The van der Waals surface area contributed by atoms with Crippen molar-refractivity contribution in [2.24, 2.45) is 0 Å². The Labute approximate surface area is 151 Å². The molecule has 5 heteroatoms. The molecule has 0 saturated heterocycles. The standard InChI is InChI=1S/C15H8Br3ClS/c16-12-5-4-8(19)6-10(12)14(18)11-7-20-15-9(11)2-1-3-13(15)17/h1-7,14H. The maximum Gasteiger partial charge on any atom is 0.0670 e. The van der Waals surface area contributed by atoms with Gasteiger partial charge in [-0.3, -0.25) is 0 Å². The average Bonchev–Trinajstić information content (AvgIpc) is 2.86. The summed E-state index contributed by atoms with van der Waals surface area (Å²) >= 11 is 18.9. The fourth-order valence-corrected chi connectivity index (χ4v) is 5.66. The van der Waals surface area contributed by atoms with Gasteiger partial charge in [0, 0.05) is 18.7 Å². The van der Waals surface area contributed by atoms with Crippen LogP contribution in [0.2, 0.25) is 5.02 Å². The molecule has 0 bridgehead atoms. The summed E-state index contributed by atoms with van der Waals surface area (Å²) in [5.74, 6) is 0. The van der Waals surface area contributed by atoms with Crippen LogP contribution in [0.5, 0.6) is 0 Å². The van der Waals surface area contributed by atoms with Gasteiger partial charge < -0.3 is 0 Å². The number of alkyl halides is 1. The number of fused-ring (bicyclic) bond motifs is 1. The van der Waals surface area contributed by atoms with Gasteiger partial charge in [0.2, 0.25) is 0 Å². The summed E-state index contributed by atoms with van der Waals surface area (Å²) in [5.41, 5.74) is 2.39. The number of thiophene rings is 1. The van der Waals surface area contributed by atoms with Gasteiger partial charge in [-0.25, -0.2) is 0 Å². The summed E-state index contributed by atoms with van der Waals surface area (Å²) in [7, 11) is 0. The molecule has 1 heterocycles. The molecule has 0 fully saturated rings. The van der Waals surface area contributed by atoms with E-state index in [4.69, 9.17) is 11.6 Å². The number of rotatable bonds is 2. The predicted octanol–water partition coefficient (Wildman–Crippen LogP) is 7.56. The molecule has 2 aromatic carbocycles. The lowest BCUT2D eigenvalue weighted by Gasteiger charge is -2.12. The summed E-state index contributed by atoms with van der Waals surface area (Å²) < 4.78 is 3.46. The van der Waals surface area contributed by atoms with E-state index >= 15 is 0 Å². The smallest absolute Gasteiger partial charge is 0.0670 e. The van der Waals surface area contributed by atoms with Gasteiger partial charge in [-0.2, -0.15) is 0 Å². The normalized spacial score (nSPS) is 12.8.